The van der Waals surface area contributed by atoms with Crippen molar-refractivity contribution in [1.82, 2.24) is 9.97 Å². The summed E-state index contributed by atoms with van der Waals surface area (Å²) in [6, 6.07) is 7.96. The van der Waals surface area contributed by atoms with Gasteiger partial charge < -0.3 is 10.1 Å². The zero-order chi connectivity index (χ0) is 18.7. The largest absolute Gasteiger partial charge is 0.464 e. The number of halogens is 1. The fourth-order valence-electron chi connectivity index (χ4n) is 3.69. The predicted molar refractivity (Wildman–Crippen MR) is 103 cm³/mol. The van der Waals surface area contributed by atoms with E-state index >= 15 is 0 Å². The van der Waals surface area contributed by atoms with Crippen molar-refractivity contribution in [2.75, 3.05) is 11.9 Å². The number of carbonyl (C=O) groups is 1. The minimum Gasteiger partial charge on any atom is -0.464 e. The van der Waals surface area contributed by atoms with Gasteiger partial charge in [0.15, 0.2) is 0 Å². The van der Waals surface area contributed by atoms with E-state index in [1.54, 1.807) is 0 Å². The first kappa shape index (κ1) is 18.6. The number of rotatable bonds is 5. The van der Waals surface area contributed by atoms with Crippen LogP contribution in [-0.2, 0) is 10.2 Å². The number of hydrogen-bond acceptors (Lipinski definition) is 4. The van der Waals surface area contributed by atoms with Gasteiger partial charge in [-0.1, -0.05) is 36.6 Å². The number of hydrogen-bond donors (Lipinski definition) is 1. The van der Waals surface area contributed by atoms with Crippen LogP contribution in [0.3, 0.4) is 0 Å². The second-order valence-electron chi connectivity index (χ2n) is 6.74. The topological polar surface area (TPSA) is 64.1 Å². The summed E-state index contributed by atoms with van der Waals surface area (Å²) in [6.07, 6.45) is 3.73. The quantitative estimate of drug-likeness (QED) is 0.832. The van der Waals surface area contributed by atoms with Gasteiger partial charge in [0.05, 0.1) is 29.1 Å². The number of nitrogens with zero attached hydrogens (tertiary/aromatic N) is 2. The molecule has 0 bridgehead atoms. The molecule has 3 rings (SSSR count). The van der Waals surface area contributed by atoms with Crippen molar-refractivity contribution < 1.29 is 9.53 Å². The van der Waals surface area contributed by atoms with Crippen molar-refractivity contribution >= 4 is 23.2 Å². The smallest absolute Gasteiger partial charge is 0.316 e. The summed E-state index contributed by atoms with van der Waals surface area (Å²) < 4.78 is 5.38. The summed E-state index contributed by atoms with van der Waals surface area (Å²) in [5.41, 5.74) is 2.57. The Bertz CT molecular complexity index is 776. The summed E-state index contributed by atoms with van der Waals surface area (Å²) in [6.45, 7) is 6.11. The van der Waals surface area contributed by atoms with Gasteiger partial charge in [0.1, 0.15) is 0 Å². The van der Waals surface area contributed by atoms with E-state index < -0.39 is 5.41 Å². The van der Waals surface area contributed by atoms with Crippen LogP contribution >= 0.6 is 11.6 Å². The molecule has 0 atom stereocenters. The molecule has 1 aliphatic carbocycles. The summed E-state index contributed by atoms with van der Waals surface area (Å²) in [5, 5.41) is 3.77. The van der Waals surface area contributed by atoms with Crippen molar-refractivity contribution in [3.8, 4) is 6.01 Å². The number of aromatic nitrogens is 2. The third kappa shape index (κ3) is 3.54. The molecule has 26 heavy (non-hydrogen) atoms. The van der Waals surface area contributed by atoms with Crippen LogP contribution in [-0.4, -0.2) is 22.5 Å². The number of anilines is 1. The van der Waals surface area contributed by atoms with E-state index in [2.05, 4.69) is 15.3 Å². The molecule has 1 amide bonds. The van der Waals surface area contributed by atoms with Gasteiger partial charge in [0, 0.05) is 5.02 Å². The highest BCUT2D eigenvalue weighted by Crippen LogP contribution is 2.42. The number of aryl methyl sites for hydroxylation is 2. The van der Waals surface area contributed by atoms with Crippen LogP contribution in [0, 0.1) is 13.8 Å². The van der Waals surface area contributed by atoms with Crippen molar-refractivity contribution in [3.05, 3.63) is 46.2 Å². The third-order valence-electron chi connectivity index (χ3n) is 5.05. The minimum absolute atomic E-state index is 0.00344. The second kappa shape index (κ2) is 7.62. The van der Waals surface area contributed by atoms with Crippen molar-refractivity contribution in [2.24, 2.45) is 0 Å². The van der Waals surface area contributed by atoms with Gasteiger partial charge in [0.25, 0.3) is 0 Å². The average Bonchev–Trinajstić information content (AvgIpc) is 3.10. The minimum atomic E-state index is -0.526. The van der Waals surface area contributed by atoms with E-state index in [4.69, 9.17) is 16.3 Å². The van der Waals surface area contributed by atoms with Gasteiger partial charge in [-0.05, 0) is 51.3 Å². The number of benzene rings is 1. The summed E-state index contributed by atoms with van der Waals surface area (Å²) in [7, 11) is 0. The van der Waals surface area contributed by atoms with Crippen LogP contribution in [0.5, 0.6) is 6.01 Å². The molecule has 1 fully saturated rings. The molecule has 5 nitrogen and oxygen atoms in total. The second-order valence-corrected chi connectivity index (χ2v) is 7.17. The highest BCUT2D eigenvalue weighted by atomic mass is 35.5. The maximum Gasteiger partial charge on any atom is 0.316 e. The number of nitrogens with one attached hydrogen (secondary N) is 1. The van der Waals surface area contributed by atoms with E-state index in [0.717, 1.165) is 31.2 Å². The Hall–Kier alpha value is -2.14. The van der Waals surface area contributed by atoms with E-state index in [-0.39, 0.29) is 5.91 Å². The van der Waals surface area contributed by atoms with Gasteiger partial charge >= 0.3 is 6.01 Å². The highest BCUT2D eigenvalue weighted by Gasteiger charge is 2.43. The van der Waals surface area contributed by atoms with Gasteiger partial charge in [-0.3, -0.25) is 4.79 Å². The molecule has 0 radical (unpaired) electrons. The number of ether oxygens (including phenoxy) is 1. The Morgan fingerprint density at radius 1 is 1.15 bits per heavy atom. The molecular weight excluding hydrogens is 350 g/mol. The molecule has 2 aromatic rings. The van der Waals surface area contributed by atoms with Gasteiger partial charge in [0.2, 0.25) is 5.91 Å². The first-order valence-corrected chi connectivity index (χ1v) is 9.39. The van der Waals surface area contributed by atoms with Crippen LogP contribution in [0.4, 0.5) is 5.69 Å². The van der Waals surface area contributed by atoms with Crippen molar-refractivity contribution in [2.45, 2.75) is 51.9 Å². The van der Waals surface area contributed by atoms with E-state index in [9.17, 15) is 4.79 Å². The van der Waals surface area contributed by atoms with Crippen LogP contribution in [0.2, 0.25) is 5.02 Å². The SMILES string of the molecule is CCOc1nc(C)c(NC(=O)C2(c3ccc(Cl)cc3)CCCC2)c(C)n1. The lowest BCUT2D eigenvalue weighted by molar-refractivity contribution is -0.121. The average molecular weight is 374 g/mol. The highest BCUT2D eigenvalue weighted by molar-refractivity contribution is 6.30. The molecule has 1 aromatic heterocycles. The van der Waals surface area contributed by atoms with E-state index in [0.29, 0.717) is 34.7 Å². The van der Waals surface area contributed by atoms with Crippen LogP contribution < -0.4 is 10.1 Å². The third-order valence-corrected chi connectivity index (χ3v) is 5.30. The van der Waals surface area contributed by atoms with Gasteiger partial charge in [-0.25, -0.2) is 0 Å². The Morgan fingerprint density at radius 2 is 1.73 bits per heavy atom. The lowest BCUT2D eigenvalue weighted by Crippen LogP contribution is -2.38. The first-order chi connectivity index (χ1) is 12.5. The van der Waals surface area contributed by atoms with Crippen molar-refractivity contribution in [1.29, 1.82) is 0 Å². The zero-order valence-electron chi connectivity index (χ0n) is 15.4. The maximum absolute atomic E-state index is 13.3. The summed E-state index contributed by atoms with van der Waals surface area (Å²) >= 11 is 6.03. The fourth-order valence-corrected chi connectivity index (χ4v) is 3.81. The van der Waals surface area contributed by atoms with Crippen molar-refractivity contribution in [3.63, 3.8) is 0 Å². The molecular formula is C20H24ClN3O2. The lowest BCUT2D eigenvalue weighted by Gasteiger charge is -2.29. The fraction of sp³-hybridized carbons (Fsp3) is 0.450. The molecule has 0 unspecified atom stereocenters. The molecule has 1 saturated carbocycles. The summed E-state index contributed by atoms with van der Waals surface area (Å²) in [4.78, 5) is 22.0. The molecule has 0 aliphatic heterocycles. The standard InChI is InChI=1S/C20H24ClN3O2/c1-4-26-19-22-13(2)17(14(3)23-19)24-18(25)20(11-5-6-12-20)15-7-9-16(21)10-8-15/h7-10H,4-6,11-12H2,1-3H3,(H,24,25). The molecule has 1 aliphatic rings. The molecule has 0 spiro atoms. The zero-order valence-corrected chi connectivity index (χ0v) is 16.2. The Labute approximate surface area is 159 Å². The lowest BCUT2D eigenvalue weighted by atomic mass is 9.78. The monoisotopic (exact) mass is 373 g/mol. The Kier molecular flexibility index (Phi) is 5.47. The van der Waals surface area contributed by atoms with Crippen LogP contribution in [0.1, 0.15) is 49.6 Å². The van der Waals surface area contributed by atoms with E-state index in [1.165, 1.54) is 0 Å². The van der Waals surface area contributed by atoms with Gasteiger partial charge in [-0.2, -0.15) is 9.97 Å². The Balaban J connectivity index is 1.91. The molecule has 1 aromatic carbocycles. The molecule has 6 heteroatoms. The molecule has 1 N–H and O–H groups in total. The Morgan fingerprint density at radius 3 is 2.27 bits per heavy atom. The van der Waals surface area contributed by atoms with E-state index in [1.807, 2.05) is 45.0 Å². The molecule has 1 heterocycles. The normalized spacial score (nSPS) is 15.7. The number of carbonyl (C=O) groups excluding carboxylic acids is 1. The van der Waals surface area contributed by atoms with Crippen LogP contribution in [0.15, 0.2) is 24.3 Å². The maximum atomic E-state index is 13.3. The predicted octanol–water partition coefficient (Wildman–Crippen LogP) is 4.60. The van der Waals surface area contributed by atoms with Crippen LogP contribution in [0.25, 0.3) is 0 Å². The van der Waals surface area contributed by atoms with Gasteiger partial charge in [-0.15, -0.1) is 0 Å². The molecule has 0 saturated heterocycles. The number of amides is 1. The molecule has 138 valence electrons. The first-order valence-electron chi connectivity index (χ1n) is 9.02. The summed E-state index contributed by atoms with van der Waals surface area (Å²) in [5.74, 6) is -0.00344.